The van der Waals surface area contributed by atoms with Crippen molar-refractivity contribution >= 4 is 17.9 Å². The Morgan fingerprint density at radius 3 is 2.26 bits per heavy atom. The minimum absolute atomic E-state index is 0.0467. The number of rotatable bonds is 5. The number of nitrogens with one attached hydrogen (secondary N) is 1. The summed E-state index contributed by atoms with van der Waals surface area (Å²) in [4.78, 5) is 40.6. The summed E-state index contributed by atoms with van der Waals surface area (Å²) >= 11 is 0. The van der Waals surface area contributed by atoms with Gasteiger partial charge in [-0.05, 0) is 54.7 Å². The third kappa shape index (κ3) is 4.61. The molecule has 2 bridgehead atoms. The van der Waals surface area contributed by atoms with E-state index in [-0.39, 0.29) is 31.1 Å². The highest BCUT2D eigenvalue weighted by Gasteiger charge is 2.40. The van der Waals surface area contributed by atoms with Crippen LogP contribution in [-0.2, 0) is 17.7 Å². The normalized spacial score (nSPS) is 24.0. The molecule has 0 saturated carbocycles. The van der Waals surface area contributed by atoms with Crippen molar-refractivity contribution in [2.45, 2.75) is 50.0 Å². The average Bonchev–Trinajstić information content (AvgIpc) is 3.13. The minimum Gasteiger partial charge on any atom is -0.465 e. The fraction of sp³-hybridized carbons (Fsp3) is 0.423. The number of ether oxygens (including phenoxy) is 1. The molecule has 3 amide bonds. The summed E-state index contributed by atoms with van der Waals surface area (Å²) in [5.41, 5.74) is 2.80. The van der Waals surface area contributed by atoms with E-state index >= 15 is 0 Å². The van der Waals surface area contributed by atoms with Crippen molar-refractivity contribution in [3.63, 3.8) is 0 Å². The molecule has 184 valence electrons. The number of aliphatic hydroxyl groups excluding tert-OH is 1. The van der Waals surface area contributed by atoms with Gasteiger partial charge in [0.25, 0.3) is 11.8 Å². The monoisotopic (exact) mass is 479 g/mol. The lowest BCUT2D eigenvalue weighted by atomic mass is 9.91. The van der Waals surface area contributed by atoms with Crippen molar-refractivity contribution in [1.29, 1.82) is 0 Å². The zero-order chi connectivity index (χ0) is 24.5. The molecule has 9 heteroatoms. The third-order valence-electron chi connectivity index (χ3n) is 7.32. The smallest absolute Gasteiger partial charge is 0.407 e. The summed E-state index contributed by atoms with van der Waals surface area (Å²) in [7, 11) is 0. The topological polar surface area (TPSA) is 119 Å². The number of benzene rings is 2. The van der Waals surface area contributed by atoms with Gasteiger partial charge in [0, 0.05) is 24.2 Å². The van der Waals surface area contributed by atoms with E-state index in [1.54, 1.807) is 24.3 Å². The van der Waals surface area contributed by atoms with Crippen LogP contribution in [0.25, 0.3) is 0 Å². The number of fused-ring (bicyclic) bond motifs is 3. The molecule has 0 aliphatic carbocycles. The molecule has 3 aliphatic rings. The van der Waals surface area contributed by atoms with Crippen LogP contribution in [0.1, 0.15) is 44.7 Å². The molecule has 0 radical (unpaired) electrons. The van der Waals surface area contributed by atoms with Crippen molar-refractivity contribution in [1.82, 2.24) is 15.1 Å². The molecule has 4 atom stereocenters. The SMILES string of the molecule is O=C(NC[C@@H](O)[C@@H]1Cc2ccccc2CN1C(=O)O)c1ccc(C(=O)N2C3CCC2COC3)cc1. The van der Waals surface area contributed by atoms with E-state index in [9.17, 15) is 24.6 Å². The van der Waals surface area contributed by atoms with Crippen molar-refractivity contribution in [3.05, 3.63) is 70.8 Å². The number of hydrogen-bond donors (Lipinski definition) is 3. The highest BCUT2D eigenvalue weighted by molar-refractivity contribution is 5.98. The molecular weight excluding hydrogens is 450 g/mol. The summed E-state index contributed by atoms with van der Waals surface area (Å²) < 4.78 is 5.55. The number of nitrogens with zero attached hydrogens (tertiary/aromatic N) is 2. The second-order valence-corrected chi connectivity index (χ2v) is 9.44. The first-order valence-electron chi connectivity index (χ1n) is 12.0. The molecule has 2 fully saturated rings. The number of aliphatic hydroxyl groups is 1. The van der Waals surface area contributed by atoms with Gasteiger partial charge in [-0.1, -0.05) is 24.3 Å². The van der Waals surface area contributed by atoms with E-state index in [4.69, 9.17) is 4.74 Å². The summed E-state index contributed by atoms with van der Waals surface area (Å²) in [6.45, 7) is 1.24. The Balaban J connectivity index is 1.20. The van der Waals surface area contributed by atoms with Gasteiger partial charge in [0.05, 0.1) is 37.4 Å². The predicted molar refractivity (Wildman–Crippen MR) is 126 cm³/mol. The van der Waals surface area contributed by atoms with Gasteiger partial charge in [0.1, 0.15) is 0 Å². The first-order chi connectivity index (χ1) is 16.9. The van der Waals surface area contributed by atoms with E-state index in [0.29, 0.717) is 30.8 Å². The maximum absolute atomic E-state index is 13.0. The number of hydrogen-bond acceptors (Lipinski definition) is 5. The molecule has 0 aromatic heterocycles. The number of carboxylic acid groups (broad SMARTS) is 1. The Kier molecular flexibility index (Phi) is 6.44. The summed E-state index contributed by atoms with van der Waals surface area (Å²) in [5.74, 6) is -0.443. The molecule has 2 aromatic rings. The Labute approximate surface area is 203 Å². The lowest BCUT2D eigenvalue weighted by Gasteiger charge is -2.37. The molecule has 3 heterocycles. The lowest BCUT2D eigenvalue weighted by molar-refractivity contribution is -0.00716. The molecule has 5 rings (SSSR count). The first-order valence-corrected chi connectivity index (χ1v) is 12.0. The summed E-state index contributed by atoms with van der Waals surface area (Å²) in [5, 5.41) is 23.1. The van der Waals surface area contributed by atoms with Gasteiger partial charge < -0.3 is 25.2 Å². The highest BCUT2D eigenvalue weighted by Crippen LogP contribution is 2.30. The zero-order valence-electron chi connectivity index (χ0n) is 19.3. The Morgan fingerprint density at radius 1 is 0.971 bits per heavy atom. The van der Waals surface area contributed by atoms with E-state index in [0.717, 1.165) is 24.0 Å². The van der Waals surface area contributed by atoms with Gasteiger partial charge in [-0.15, -0.1) is 0 Å². The van der Waals surface area contributed by atoms with E-state index in [1.165, 1.54) is 4.90 Å². The van der Waals surface area contributed by atoms with Crippen molar-refractivity contribution in [2.24, 2.45) is 0 Å². The summed E-state index contributed by atoms with van der Waals surface area (Å²) in [6, 6.07) is 13.6. The molecule has 9 nitrogen and oxygen atoms in total. The molecule has 2 unspecified atom stereocenters. The fourth-order valence-corrected chi connectivity index (χ4v) is 5.41. The quantitative estimate of drug-likeness (QED) is 0.603. The maximum Gasteiger partial charge on any atom is 0.407 e. The van der Waals surface area contributed by atoms with Gasteiger partial charge in [-0.3, -0.25) is 14.5 Å². The number of amides is 3. The fourth-order valence-electron chi connectivity index (χ4n) is 5.41. The second-order valence-electron chi connectivity index (χ2n) is 9.44. The van der Waals surface area contributed by atoms with E-state index in [1.807, 2.05) is 29.2 Å². The van der Waals surface area contributed by atoms with E-state index in [2.05, 4.69) is 5.32 Å². The maximum atomic E-state index is 13.0. The van der Waals surface area contributed by atoms with Crippen LogP contribution < -0.4 is 5.32 Å². The van der Waals surface area contributed by atoms with Crippen LogP contribution in [0.3, 0.4) is 0 Å². The van der Waals surface area contributed by atoms with Crippen molar-refractivity contribution < 1.29 is 29.3 Å². The van der Waals surface area contributed by atoms with E-state index < -0.39 is 24.1 Å². The van der Waals surface area contributed by atoms with Crippen LogP contribution in [0.4, 0.5) is 4.79 Å². The van der Waals surface area contributed by atoms with Crippen LogP contribution in [0, 0.1) is 0 Å². The minimum atomic E-state index is -1.11. The van der Waals surface area contributed by atoms with Gasteiger partial charge in [0.15, 0.2) is 0 Å². The lowest BCUT2D eigenvalue weighted by Crippen LogP contribution is -2.53. The van der Waals surface area contributed by atoms with Gasteiger partial charge in [-0.25, -0.2) is 4.79 Å². The van der Waals surface area contributed by atoms with Crippen LogP contribution in [-0.4, -0.2) is 81.9 Å². The Hall–Kier alpha value is -3.43. The van der Waals surface area contributed by atoms with Crippen LogP contribution >= 0.6 is 0 Å². The molecule has 2 aromatic carbocycles. The Morgan fingerprint density at radius 2 is 1.60 bits per heavy atom. The highest BCUT2D eigenvalue weighted by atomic mass is 16.5. The van der Waals surface area contributed by atoms with Crippen LogP contribution in [0.5, 0.6) is 0 Å². The number of carbonyl (C=O) groups is 3. The molecule has 3 N–H and O–H groups in total. The standard InChI is InChI=1S/C26H29N3O6/c30-23(22-11-18-3-1-2-4-19(18)13-28(22)26(33)34)12-27-24(31)16-5-7-17(8-6-16)25(32)29-20-9-10-21(29)15-35-14-20/h1-8,20-23,30H,9-15H2,(H,27,31)(H,33,34)/t20?,21?,22-,23+/m0/s1. The second kappa shape index (κ2) is 9.67. The predicted octanol–water partition coefficient (Wildman–Crippen LogP) is 1.89. The van der Waals surface area contributed by atoms with Gasteiger partial charge >= 0.3 is 6.09 Å². The van der Waals surface area contributed by atoms with Crippen molar-refractivity contribution in [2.75, 3.05) is 19.8 Å². The Bertz CT molecular complexity index is 1100. The largest absolute Gasteiger partial charge is 0.465 e. The third-order valence-corrected chi connectivity index (χ3v) is 7.32. The van der Waals surface area contributed by atoms with Crippen molar-refractivity contribution in [3.8, 4) is 0 Å². The molecule has 0 spiro atoms. The van der Waals surface area contributed by atoms with Gasteiger partial charge in [0.2, 0.25) is 0 Å². The zero-order valence-corrected chi connectivity index (χ0v) is 19.3. The molecule has 2 saturated heterocycles. The average molecular weight is 480 g/mol. The molecule has 3 aliphatic heterocycles. The molecular formula is C26H29N3O6. The number of carbonyl (C=O) groups excluding carboxylic acids is 2. The first kappa shape index (κ1) is 23.3. The summed E-state index contributed by atoms with van der Waals surface area (Å²) in [6.07, 6.45) is 0.0978. The van der Waals surface area contributed by atoms with Gasteiger partial charge in [-0.2, -0.15) is 0 Å². The number of morpholine rings is 1. The van der Waals surface area contributed by atoms with Crippen LogP contribution in [0.15, 0.2) is 48.5 Å². The molecule has 35 heavy (non-hydrogen) atoms. The van der Waals surface area contributed by atoms with Crippen LogP contribution in [0.2, 0.25) is 0 Å².